The van der Waals surface area contributed by atoms with Crippen molar-refractivity contribution < 1.29 is 19.4 Å². The Morgan fingerprint density at radius 2 is 2.30 bits per heavy atom. The highest BCUT2D eigenvalue weighted by Crippen LogP contribution is 2.41. The molecule has 0 bridgehead atoms. The van der Waals surface area contributed by atoms with E-state index in [4.69, 9.17) is 9.47 Å². The van der Waals surface area contributed by atoms with E-state index in [1.54, 1.807) is 10.7 Å². The lowest BCUT2D eigenvalue weighted by Gasteiger charge is -2.25. The fraction of sp³-hybridized carbons (Fsp3) is 0.375. The number of fused-ring (bicyclic) bond motifs is 1. The number of phenolic OH excluding ortho intramolecular Hbond substituents is 1. The molecule has 1 aromatic heterocycles. The Morgan fingerprint density at radius 3 is 3.09 bits per heavy atom. The van der Waals surface area contributed by atoms with E-state index < -0.39 is 6.10 Å². The fourth-order valence-electron chi connectivity index (χ4n) is 2.82. The van der Waals surface area contributed by atoms with E-state index in [-0.39, 0.29) is 24.3 Å². The first-order valence-electron chi connectivity index (χ1n) is 7.51. The Kier molecular flexibility index (Phi) is 3.14. The number of carbonyl (C=O) groups is 1. The third-order valence-corrected chi connectivity index (χ3v) is 4.15. The molecule has 1 saturated carbocycles. The van der Waals surface area contributed by atoms with Crippen molar-refractivity contribution in [1.82, 2.24) is 15.1 Å². The number of aromatic nitrogens is 2. The van der Waals surface area contributed by atoms with Crippen LogP contribution in [0.4, 0.5) is 0 Å². The Hall–Kier alpha value is -2.70. The van der Waals surface area contributed by atoms with E-state index in [9.17, 15) is 9.90 Å². The van der Waals surface area contributed by atoms with E-state index in [2.05, 4.69) is 10.4 Å². The molecule has 1 fully saturated rings. The average Bonchev–Trinajstić information content (AvgIpc) is 3.16. The van der Waals surface area contributed by atoms with Gasteiger partial charge in [-0.3, -0.25) is 9.48 Å². The lowest BCUT2D eigenvalue weighted by molar-refractivity contribution is -0.130. The number of nitrogens with zero attached hydrogens (tertiary/aromatic N) is 2. The van der Waals surface area contributed by atoms with Crippen LogP contribution in [-0.4, -0.2) is 39.5 Å². The van der Waals surface area contributed by atoms with E-state index >= 15 is 0 Å². The fourth-order valence-corrected chi connectivity index (χ4v) is 2.82. The molecular formula is C16H17N3O4. The highest BCUT2D eigenvalue weighted by atomic mass is 16.6. The van der Waals surface area contributed by atoms with Crippen LogP contribution in [0.15, 0.2) is 30.6 Å². The Balaban J connectivity index is 1.37. The molecule has 7 nitrogen and oxygen atoms in total. The van der Waals surface area contributed by atoms with Crippen molar-refractivity contribution in [2.45, 2.75) is 24.5 Å². The van der Waals surface area contributed by atoms with Crippen molar-refractivity contribution in [2.75, 3.05) is 6.61 Å². The molecule has 1 aliphatic heterocycles. The molecule has 7 heteroatoms. The van der Waals surface area contributed by atoms with Gasteiger partial charge in [-0.2, -0.15) is 5.10 Å². The van der Waals surface area contributed by atoms with Gasteiger partial charge in [-0.25, -0.2) is 0 Å². The van der Waals surface area contributed by atoms with Crippen LogP contribution in [0.3, 0.4) is 0 Å². The molecule has 0 radical (unpaired) electrons. The van der Waals surface area contributed by atoms with Crippen molar-refractivity contribution >= 4 is 5.91 Å². The summed E-state index contributed by atoms with van der Waals surface area (Å²) in [7, 11) is 1.87. The second kappa shape index (κ2) is 5.19. The standard InChI is InChI=1S/C16H17N3O4/c1-19-7-9(6-17-19)11-5-12(11)18-16(21)15-8-22-13-3-2-10(20)4-14(13)23-15/h2-4,6-7,11-12,15,20H,5,8H2,1H3,(H,18,21)/t11-,12+,15?/m0/s1. The number of nitrogens with one attached hydrogen (secondary N) is 1. The number of hydrogen-bond acceptors (Lipinski definition) is 5. The molecule has 2 N–H and O–H groups in total. The van der Waals surface area contributed by atoms with Crippen molar-refractivity contribution in [3.8, 4) is 17.2 Å². The molecule has 1 aliphatic carbocycles. The number of aryl methyl sites for hydroxylation is 1. The zero-order chi connectivity index (χ0) is 16.0. The van der Waals surface area contributed by atoms with Gasteiger partial charge in [0.2, 0.25) is 6.10 Å². The van der Waals surface area contributed by atoms with E-state index in [0.717, 1.165) is 12.0 Å². The normalized spacial score (nSPS) is 25.0. The lowest BCUT2D eigenvalue weighted by atomic mass is 10.2. The third-order valence-electron chi connectivity index (χ3n) is 4.15. The predicted octanol–water partition coefficient (Wildman–Crippen LogP) is 0.938. The summed E-state index contributed by atoms with van der Waals surface area (Å²) in [5.74, 6) is 1.11. The summed E-state index contributed by atoms with van der Waals surface area (Å²) in [6, 6.07) is 4.70. The number of amides is 1. The van der Waals surface area contributed by atoms with Gasteiger partial charge in [0.25, 0.3) is 5.91 Å². The molecule has 2 aliphatic rings. The largest absolute Gasteiger partial charge is 0.508 e. The van der Waals surface area contributed by atoms with Crippen LogP contribution in [-0.2, 0) is 11.8 Å². The van der Waals surface area contributed by atoms with Crippen LogP contribution in [0, 0.1) is 0 Å². The van der Waals surface area contributed by atoms with Crippen LogP contribution in [0.5, 0.6) is 17.2 Å². The summed E-state index contributed by atoms with van der Waals surface area (Å²) >= 11 is 0. The molecule has 4 rings (SSSR count). The minimum absolute atomic E-state index is 0.0762. The number of aromatic hydroxyl groups is 1. The molecule has 2 aromatic rings. The molecule has 0 spiro atoms. The Bertz CT molecular complexity index is 758. The molecule has 23 heavy (non-hydrogen) atoms. The van der Waals surface area contributed by atoms with Crippen LogP contribution in [0.1, 0.15) is 17.9 Å². The number of phenols is 1. The molecule has 0 saturated heterocycles. The maximum Gasteiger partial charge on any atom is 0.264 e. The quantitative estimate of drug-likeness (QED) is 0.880. The zero-order valence-corrected chi connectivity index (χ0v) is 12.6. The van der Waals surface area contributed by atoms with Crippen LogP contribution < -0.4 is 14.8 Å². The van der Waals surface area contributed by atoms with Gasteiger partial charge in [0, 0.05) is 31.3 Å². The summed E-state index contributed by atoms with van der Waals surface area (Å²) < 4.78 is 12.9. The first-order chi connectivity index (χ1) is 11.1. The number of carbonyl (C=O) groups excluding carboxylic acids is 1. The van der Waals surface area contributed by atoms with Crippen LogP contribution >= 0.6 is 0 Å². The van der Waals surface area contributed by atoms with E-state index in [1.807, 2.05) is 19.4 Å². The summed E-state index contributed by atoms with van der Waals surface area (Å²) in [5.41, 5.74) is 1.13. The summed E-state index contributed by atoms with van der Waals surface area (Å²) in [6.07, 6.45) is 3.99. The first-order valence-corrected chi connectivity index (χ1v) is 7.51. The zero-order valence-electron chi connectivity index (χ0n) is 12.6. The van der Waals surface area contributed by atoms with Gasteiger partial charge in [0.05, 0.1) is 6.20 Å². The lowest BCUT2D eigenvalue weighted by Crippen LogP contribution is -2.45. The molecular weight excluding hydrogens is 298 g/mol. The second-order valence-corrected chi connectivity index (χ2v) is 5.95. The summed E-state index contributed by atoms with van der Waals surface area (Å²) in [6.45, 7) is 0.161. The van der Waals surface area contributed by atoms with Crippen molar-refractivity contribution in [2.24, 2.45) is 7.05 Å². The Labute approximate surface area is 132 Å². The van der Waals surface area contributed by atoms with Crippen molar-refractivity contribution in [1.29, 1.82) is 0 Å². The van der Waals surface area contributed by atoms with Gasteiger partial charge in [0.15, 0.2) is 11.5 Å². The molecule has 1 aromatic carbocycles. The van der Waals surface area contributed by atoms with Gasteiger partial charge in [-0.1, -0.05) is 0 Å². The number of hydrogen-bond donors (Lipinski definition) is 2. The second-order valence-electron chi connectivity index (χ2n) is 5.95. The SMILES string of the molecule is Cn1cc([C@@H]2C[C@H]2NC(=O)C2COc3ccc(O)cc3O2)cn1. The predicted molar refractivity (Wildman–Crippen MR) is 80.5 cm³/mol. The summed E-state index contributed by atoms with van der Waals surface area (Å²) in [4.78, 5) is 12.3. The third kappa shape index (κ3) is 2.69. The van der Waals surface area contributed by atoms with Gasteiger partial charge in [-0.15, -0.1) is 0 Å². The van der Waals surface area contributed by atoms with Crippen LogP contribution in [0.25, 0.3) is 0 Å². The minimum atomic E-state index is -0.709. The van der Waals surface area contributed by atoms with E-state index in [0.29, 0.717) is 17.4 Å². The first kappa shape index (κ1) is 13.9. The van der Waals surface area contributed by atoms with Crippen molar-refractivity contribution in [3.63, 3.8) is 0 Å². The maximum absolute atomic E-state index is 12.3. The average molecular weight is 315 g/mol. The topological polar surface area (TPSA) is 85.6 Å². The van der Waals surface area contributed by atoms with Gasteiger partial charge in [0.1, 0.15) is 12.4 Å². The monoisotopic (exact) mass is 315 g/mol. The highest BCUT2D eigenvalue weighted by Gasteiger charge is 2.42. The van der Waals surface area contributed by atoms with Crippen molar-refractivity contribution in [3.05, 3.63) is 36.2 Å². The highest BCUT2D eigenvalue weighted by molar-refractivity contribution is 5.82. The van der Waals surface area contributed by atoms with Gasteiger partial charge in [-0.05, 0) is 24.1 Å². The van der Waals surface area contributed by atoms with Crippen LogP contribution in [0.2, 0.25) is 0 Å². The maximum atomic E-state index is 12.3. The number of rotatable bonds is 3. The minimum Gasteiger partial charge on any atom is -0.508 e. The smallest absolute Gasteiger partial charge is 0.264 e. The van der Waals surface area contributed by atoms with Gasteiger partial charge >= 0.3 is 0 Å². The molecule has 120 valence electrons. The summed E-state index contributed by atoms with van der Waals surface area (Å²) in [5, 5.41) is 16.6. The molecule has 1 unspecified atom stereocenters. The number of benzene rings is 1. The molecule has 2 heterocycles. The molecule has 3 atom stereocenters. The number of ether oxygens (including phenoxy) is 2. The molecule has 1 amide bonds. The Morgan fingerprint density at radius 1 is 1.43 bits per heavy atom. The van der Waals surface area contributed by atoms with Gasteiger partial charge < -0.3 is 19.9 Å². The van der Waals surface area contributed by atoms with E-state index in [1.165, 1.54) is 12.1 Å².